The molecule has 5 nitrogen and oxygen atoms in total. The van der Waals surface area contributed by atoms with Crippen LogP contribution in [0.1, 0.15) is 18.1 Å². The topological polar surface area (TPSA) is 92.8 Å². The first-order valence-electron chi connectivity index (χ1n) is 5.04. The number of nitrogen functional groups attached to an aromatic ring is 1. The quantitative estimate of drug-likeness (QED) is 0.578. The van der Waals surface area contributed by atoms with E-state index in [1.54, 1.807) is 0 Å². The van der Waals surface area contributed by atoms with Crippen molar-refractivity contribution in [3.63, 3.8) is 0 Å². The molecule has 0 aliphatic rings. The van der Waals surface area contributed by atoms with Gasteiger partial charge in [-0.3, -0.25) is 4.79 Å². The number of ether oxygens (including phenoxy) is 1. The molecule has 0 bridgehead atoms. The molecule has 18 heavy (non-hydrogen) atoms. The molecule has 0 saturated carbocycles. The van der Waals surface area contributed by atoms with Gasteiger partial charge in [0.1, 0.15) is 6.10 Å². The van der Waals surface area contributed by atoms with Crippen molar-refractivity contribution >= 4 is 34.9 Å². The molecule has 1 rings (SSSR count). The Morgan fingerprint density at radius 1 is 1.39 bits per heavy atom. The maximum atomic E-state index is 11.0. The van der Waals surface area contributed by atoms with E-state index in [0.717, 1.165) is 0 Å². The summed E-state index contributed by atoms with van der Waals surface area (Å²) in [5.41, 5.74) is 6.01. The standard InChI is InChI=1S/C11H13Cl2NO4/c1-18-9(16)4-8(15)11(17)5-2-6(12)10(14)7(13)3-5/h2-3,8,11,15,17H,4,14H2,1H3. The lowest BCUT2D eigenvalue weighted by molar-refractivity contribution is -0.144. The zero-order valence-electron chi connectivity index (χ0n) is 9.56. The first kappa shape index (κ1) is 15.0. The highest BCUT2D eigenvalue weighted by Crippen LogP contribution is 2.32. The molecule has 0 aliphatic heterocycles. The Balaban J connectivity index is 2.90. The molecule has 7 heteroatoms. The van der Waals surface area contributed by atoms with Crippen LogP contribution in [0.25, 0.3) is 0 Å². The van der Waals surface area contributed by atoms with Gasteiger partial charge in [0.25, 0.3) is 0 Å². The third-order valence-electron chi connectivity index (χ3n) is 2.41. The molecule has 0 saturated heterocycles. The van der Waals surface area contributed by atoms with Crippen LogP contribution in [-0.4, -0.2) is 29.4 Å². The normalized spacial score (nSPS) is 14.1. The molecule has 0 aliphatic carbocycles. The van der Waals surface area contributed by atoms with E-state index in [1.807, 2.05) is 0 Å². The van der Waals surface area contributed by atoms with E-state index in [-0.39, 0.29) is 27.7 Å². The maximum Gasteiger partial charge on any atom is 0.308 e. The van der Waals surface area contributed by atoms with Crippen LogP contribution in [0.3, 0.4) is 0 Å². The van der Waals surface area contributed by atoms with Crippen LogP contribution in [0, 0.1) is 0 Å². The van der Waals surface area contributed by atoms with Gasteiger partial charge in [-0.05, 0) is 17.7 Å². The van der Waals surface area contributed by atoms with Crippen LogP contribution in [0.5, 0.6) is 0 Å². The van der Waals surface area contributed by atoms with E-state index in [4.69, 9.17) is 28.9 Å². The average molecular weight is 294 g/mol. The molecule has 0 spiro atoms. The fourth-order valence-corrected chi connectivity index (χ4v) is 1.87. The minimum absolute atomic E-state index is 0.168. The third kappa shape index (κ3) is 3.49. The summed E-state index contributed by atoms with van der Waals surface area (Å²) in [5, 5.41) is 19.8. The number of halogens is 2. The molecule has 0 aromatic heterocycles. The number of esters is 1. The van der Waals surface area contributed by atoms with Gasteiger partial charge in [-0.15, -0.1) is 0 Å². The smallest absolute Gasteiger partial charge is 0.308 e. The first-order chi connectivity index (χ1) is 8.36. The SMILES string of the molecule is COC(=O)CC(O)C(O)c1cc(Cl)c(N)c(Cl)c1. The van der Waals surface area contributed by atoms with Crippen LogP contribution in [0.4, 0.5) is 5.69 Å². The van der Waals surface area contributed by atoms with Crippen molar-refractivity contribution in [3.05, 3.63) is 27.7 Å². The third-order valence-corrected chi connectivity index (χ3v) is 3.04. The largest absolute Gasteiger partial charge is 0.469 e. The molecule has 0 amide bonds. The van der Waals surface area contributed by atoms with Gasteiger partial charge in [-0.2, -0.15) is 0 Å². The maximum absolute atomic E-state index is 11.0. The lowest BCUT2D eigenvalue weighted by Crippen LogP contribution is -2.22. The van der Waals surface area contributed by atoms with Crippen molar-refractivity contribution in [1.29, 1.82) is 0 Å². The molecular formula is C11H13Cl2NO4. The second kappa shape index (κ2) is 6.24. The highest BCUT2D eigenvalue weighted by Gasteiger charge is 2.23. The second-order valence-electron chi connectivity index (χ2n) is 3.69. The van der Waals surface area contributed by atoms with Crippen LogP contribution >= 0.6 is 23.2 Å². The Bertz CT molecular complexity index is 430. The van der Waals surface area contributed by atoms with E-state index in [1.165, 1.54) is 19.2 Å². The number of hydrogen-bond acceptors (Lipinski definition) is 5. The highest BCUT2D eigenvalue weighted by atomic mass is 35.5. The van der Waals surface area contributed by atoms with Crippen LogP contribution in [0.2, 0.25) is 10.0 Å². The molecule has 2 unspecified atom stereocenters. The minimum Gasteiger partial charge on any atom is -0.469 e. The van der Waals surface area contributed by atoms with Crippen LogP contribution in [0.15, 0.2) is 12.1 Å². The van der Waals surface area contributed by atoms with E-state index >= 15 is 0 Å². The Hall–Kier alpha value is -1.01. The van der Waals surface area contributed by atoms with Crippen molar-refractivity contribution in [3.8, 4) is 0 Å². The predicted molar refractivity (Wildman–Crippen MR) is 68.5 cm³/mol. The number of aliphatic hydroxyl groups excluding tert-OH is 2. The summed E-state index contributed by atoms with van der Waals surface area (Å²) in [6.45, 7) is 0. The number of nitrogens with two attached hydrogens (primary N) is 1. The van der Waals surface area contributed by atoms with E-state index < -0.39 is 18.2 Å². The summed E-state index contributed by atoms with van der Waals surface area (Å²) in [7, 11) is 1.19. The number of anilines is 1. The molecule has 100 valence electrons. The van der Waals surface area contributed by atoms with E-state index in [9.17, 15) is 15.0 Å². The van der Waals surface area contributed by atoms with Crippen molar-refractivity contribution in [2.75, 3.05) is 12.8 Å². The molecule has 4 N–H and O–H groups in total. The number of hydrogen-bond donors (Lipinski definition) is 3. The molecule has 0 radical (unpaired) electrons. The summed E-state index contributed by atoms with van der Waals surface area (Å²) in [5.74, 6) is -0.630. The molecule has 0 heterocycles. The Morgan fingerprint density at radius 2 is 1.89 bits per heavy atom. The number of carbonyl (C=O) groups is 1. The van der Waals surface area contributed by atoms with Gasteiger partial charge in [0.15, 0.2) is 0 Å². The van der Waals surface area contributed by atoms with E-state index in [2.05, 4.69) is 4.74 Å². The number of carbonyl (C=O) groups excluding carboxylic acids is 1. The number of rotatable bonds is 4. The first-order valence-corrected chi connectivity index (χ1v) is 5.79. The highest BCUT2D eigenvalue weighted by molar-refractivity contribution is 6.38. The summed E-state index contributed by atoms with van der Waals surface area (Å²) < 4.78 is 4.39. The molecule has 1 aromatic carbocycles. The summed E-state index contributed by atoms with van der Waals surface area (Å²) >= 11 is 11.6. The van der Waals surface area contributed by atoms with Crippen LogP contribution < -0.4 is 5.73 Å². The molecule has 0 fully saturated rings. The van der Waals surface area contributed by atoms with Gasteiger partial charge in [-0.25, -0.2) is 0 Å². The molecule has 1 aromatic rings. The Labute approximate surface area is 114 Å². The monoisotopic (exact) mass is 293 g/mol. The van der Waals surface area contributed by atoms with E-state index in [0.29, 0.717) is 0 Å². The molecular weight excluding hydrogens is 281 g/mol. The zero-order valence-corrected chi connectivity index (χ0v) is 11.1. The van der Waals surface area contributed by atoms with Gasteiger partial charge in [0.2, 0.25) is 0 Å². The summed E-state index contributed by atoms with van der Waals surface area (Å²) in [6, 6.07) is 2.77. The van der Waals surface area contributed by atoms with Gasteiger partial charge in [0.05, 0.1) is 35.4 Å². The number of methoxy groups -OCH3 is 1. The second-order valence-corrected chi connectivity index (χ2v) is 4.51. The Morgan fingerprint density at radius 3 is 2.33 bits per heavy atom. The number of benzene rings is 1. The van der Waals surface area contributed by atoms with Crippen molar-refractivity contribution in [2.24, 2.45) is 0 Å². The lowest BCUT2D eigenvalue weighted by atomic mass is 10.0. The average Bonchev–Trinajstić information content (AvgIpc) is 2.33. The summed E-state index contributed by atoms with van der Waals surface area (Å²) in [4.78, 5) is 11.0. The van der Waals surface area contributed by atoms with Crippen molar-refractivity contribution < 1.29 is 19.7 Å². The molecule has 2 atom stereocenters. The summed E-state index contributed by atoms with van der Waals surface area (Å²) in [6.07, 6.45) is -2.95. The fourth-order valence-electron chi connectivity index (χ4n) is 1.36. The van der Waals surface area contributed by atoms with Gasteiger partial charge < -0.3 is 20.7 Å². The lowest BCUT2D eigenvalue weighted by Gasteiger charge is -2.18. The Kier molecular flexibility index (Phi) is 5.22. The van der Waals surface area contributed by atoms with Gasteiger partial charge in [-0.1, -0.05) is 23.2 Å². The van der Waals surface area contributed by atoms with Crippen LogP contribution in [-0.2, 0) is 9.53 Å². The zero-order chi connectivity index (χ0) is 13.9. The fraction of sp³-hybridized carbons (Fsp3) is 0.364. The minimum atomic E-state index is -1.31. The van der Waals surface area contributed by atoms with Gasteiger partial charge in [0, 0.05) is 0 Å². The number of aliphatic hydroxyl groups is 2. The van der Waals surface area contributed by atoms with Gasteiger partial charge >= 0.3 is 5.97 Å². The predicted octanol–water partition coefficient (Wildman–Crippen LogP) is 1.53. The van der Waals surface area contributed by atoms with Crippen molar-refractivity contribution in [2.45, 2.75) is 18.6 Å². The van der Waals surface area contributed by atoms with Crippen molar-refractivity contribution in [1.82, 2.24) is 0 Å².